The van der Waals surface area contributed by atoms with Gasteiger partial charge in [0.2, 0.25) is 0 Å². The topological polar surface area (TPSA) is 38.3 Å². The van der Waals surface area contributed by atoms with Crippen LogP contribution in [-0.2, 0) is 4.79 Å². The summed E-state index contributed by atoms with van der Waals surface area (Å²) in [5.74, 6) is 0.0710. The van der Waals surface area contributed by atoms with E-state index in [2.05, 4.69) is 21.2 Å². The van der Waals surface area contributed by atoms with E-state index >= 15 is 0 Å². The molecule has 1 amide bonds. The van der Waals surface area contributed by atoms with Gasteiger partial charge in [0.05, 0.1) is 0 Å². The predicted molar refractivity (Wildman–Crippen MR) is 88.7 cm³/mol. The summed E-state index contributed by atoms with van der Waals surface area (Å²) in [5.41, 5.74) is 2.44. The van der Waals surface area contributed by atoms with E-state index < -0.39 is 6.10 Å². The molecule has 0 saturated carbocycles. The normalized spacial score (nSPS) is 11.9. The van der Waals surface area contributed by atoms with Crippen LogP contribution in [-0.4, -0.2) is 12.0 Å². The minimum atomic E-state index is -0.663. The van der Waals surface area contributed by atoms with Crippen LogP contribution in [0.25, 0.3) is 0 Å². The highest BCUT2D eigenvalue weighted by Gasteiger charge is 2.17. The number of nitrogens with one attached hydrogen (secondary N) is 1. The van der Waals surface area contributed by atoms with Gasteiger partial charge in [-0.3, -0.25) is 4.79 Å². The number of hydrogen-bond acceptors (Lipinski definition) is 2. The van der Waals surface area contributed by atoms with E-state index in [-0.39, 0.29) is 11.7 Å². The fourth-order valence-corrected chi connectivity index (χ4v) is 2.78. The van der Waals surface area contributed by atoms with Crippen LogP contribution in [0.3, 0.4) is 0 Å². The lowest BCUT2D eigenvalue weighted by atomic mass is 10.1. The minimum Gasteiger partial charge on any atom is -0.480 e. The SMILES string of the molecule is Cc1cc(Br)cc(C)c1OC(C)C(=O)Nc1ccc(F)cc1. The van der Waals surface area contributed by atoms with Crippen LogP contribution in [0.2, 0.25) is 0 Å². The van der Waals surface area contributed by atoms with Crippen LogP contribution in [0.5, 0.6) is 5.75 Å². The first-order chi connectivity index (χ1) is 10.4. The molecule has 0 aliphatic rings. The van der Waals surface area contributed by atoms with E-state index in [9.17, 15) is 9.18 Å². The van der Waals surface area contributed by atoms with Gasteiger partial charge >= 0.3 is 0 Å². The Morgan fingerprint density at radius 1 is 1.18 bits per heavy atom. The van der Waals surface area contributed by atoms with Gasteiger partial charge in [-0.2, -0.15) is 0 Å². The van der Waals surface area contributed by atoms with E-state index in [1.807, 2.05) is 26.0 Å². The maximum Gasteiger partial charge on any atom is 0.265 e. The Morgan fingerprint density at radius 3 is 2.27 bits per heavy atom. The summed E-state index contributed by atoms with van der Waals surface area (Å²) in [6.07, 6.45) is -0.663. The molecule has 1 unspecified atom stereocenters. The zero-order valence-corrected chi connectivity index (χ0v) is 14.2. The third kappa shape index (κ3) is 4.07. The maximum atomic E-state index is 12.9. The number of hydrogen-bond donors (Lipinski definition) is 1. The molecule has 0 saturated heterocycles. The Balaban J connectivity index is 2.07. The summed E-state index contributed by atoms with van der Waals surface area (Å²) < 4.78 is 19.6. The quantitative estimate of drug-likeness (QED) is 0.858. The molecule has 1 atom stereocenters. The fraction of sp³-hybridized carbons (Fsp3) is 0.235. The second kappa shape index (κ2) is 6.92. The summed E-state index contributed by atoms with van der Waals surface area (Å²) in [6, 6.07) is 9.49. The van der Waals surface area contributed by atoms with Crippen LogP contribution in [0, 0.1) is 19.7 Å². The Labute approximate surface area is 137 Å². The zero-order valence-electron chi connectivity index (χ0n) is 12.6. The minimum absolute atomic E-state index is 0.284. The second-order valence-electron chi connectivity index (χ2n) is 5.12. The molecule has 0 bridgehead atoms. The molecule has 0 spiro atoms. The van der Waals surface area contributed by atoms with Crippen molar-refractivity contribution in [3.05, 3.63) is 57.8 Å². The first kappa shape index (κ1) is 16.5. The molecular weight excluding hydrogens is 349 g/mol. The molecule has 5 heteroatoms. The van der Waals surface area contributed by atoms with Gasteiger partial charge in [-0.05, 0) is 68.3 Å². The molecule has 2 rings (SSSR count). The summed E-state index contributed by atoms with van der Waals surface area (Å²) in [4.78, 5) is 12.2. The van der Waals surface area contributed by atoms with Crippen molar-refractivity contribution in [3.63, 3.8) is 0 Å². The number of ether oxygens (including phenoxy) is 1. The van der Waals surface area contributed by atoms with Gasteiger partial charge in [0.25, 0.3) is 5.91 Å². The van der Waals surface area contributed by atoms with Crippen molar-refractivity contribution in [1.29, 1.82) is 0 Å². The van der Waals surface area contributed by atoms with Gasteiger partial charge < -0.3 is 10.1 Å². The molecule has 0 aliphatic carbocycles. The Bertz CT molecular complexity index is 663. The molecule has 0 heterocycles. The van der Waals surface area contributed by atoms with Crippen molar-refractivity contribution in [1.82, 2.24) is 0 Å². The smallest absolute Gasteiger partial charge is 0.265 e. The Morgan fingerprint density at radius 2 is 1.73 bits per heavy atom. The van der Waals surface area contributed by atoms with Gasteiger partial charge in [-0.15, -0.1) is 0 Å². The number of amides is 1. The van der Waals surface area contributed by atoms with Crippen LogP contribution in [0.1, 0.15) is 18.1 Å². The van der Waals surface area contributed by atoms with E-state index in [4.69, 9.17) is 4.74 Å². The van der Waals surface area contributed by atoms with Gasteiger partial charge in [-0.1, -0.05) is 15.9 Å². The van der Waals surface area contributed by atoms with Crippen LogP contribution in [0.4, 0.5) is 10.1 Å². The van der Waals surface area contributed by atoms with Gasteiger partial charge in [0, 0.05) is 10.2 Å². The summed E-state index contributed by atoms with van der Waals surface area (Å²) >= 11 is 3.43. The monoisotopic (exact) mass is 365 g/mol. The second-order valence-corrected chi connectivity index (χ2v) is 6.04. The molecule has 0 radical (unpaired) electrons. The molecule has 3 nitrogen and oxygen atoms in total. The first-order valence-corrected chi connectivity index (χ1v) is 7.66. The molecule has 2 aromatic carbocycles. The molecule has 0 aromatic heterocycles. The number of benzene rings is 2. The maximum absolute atomic E-state index is 12.9. The summed E-state index contributed by atoms with van der Waals surface area (Å²) in [6.45, 7) is 5.54. The number of halogens is 2. The van der Waals surface area contributed by atoms with Crippen molar-refractivity contribution >= 4 is 27.5 Å². The van der Waals surface area contributed by atoms with Crippen LogP contribution in [0.15, 0.2) is 40.9 Å². The molecule has 2 aromatic rings. The van der Waals surface area contributed by atoms with Crippen molar-refractivity contribution < 1.29 is 13.9 Å². The van der Waals surface area contributed by atoms with E-state index in [0.717, 1.165) is 15.6 Å². The highest BCUT2D eigenvalue weighted by atomic mass is 79.9. The third-order valence-electron chi connectivity index (χ3n) is 3.20. The fourth-order valence-electron chi connectivity index (χ4n) is 2.09. The van der Waals surface area contributed by atoms with Crippen LogP contribution < -0.4 is 10.1 Å². The van der Waals surface area contributed by atoms with Crippen molar-refractivity contribution in [2.45, 2.75) is 26.9 Å². The molecule has 1 N–H and O–H groups in total. The van der Waals surface area contributed by atoms with E-state index in [1.54, 1.807) is 6.92 Å². The van der Waals surface area contributed by atoms with Crippen LogP contribution >= 0.6 is 15.9 Å². The summed E-state index contributed by atoms with van der Waals surface area (Å²) in [5, 5.41) is 2.70. The van der Waals surface area contributed by atoms with E-state index in [0.29, 0.717) is 11.4 Å². The number of aryl methyl sites for hydroxylation is 2. The molecule has 116 valence electrons. The average molecular weight is 366 g/mol. The Kier molecular flexibility index (Phi) is 5.19. The first-order valence-electron chi connectivity index (χ1n) is 6.86. The predicted octanol–water partition coefficient (Wildman–Crippen LogP) is 4.61. The standard InChI is InChI=1S/C17H17BrFNO2/c1-10-8-13(18)9-11(2)16(10)22-12(3)17(21)20-15-6-4-14(19)5-7-15/h4-9,12H,1-3H3,(H,20,21). The highest BCUT2D eigenvalue weighted by molar-refractivity contribution is 9.10. The van der Waals surface area contributed by atoms with Crippen molar-refractivity contribution in [2.24, 2.45) is 0 Å². The lowest BCUT2D eigenvalue weighted by molar-refractivity contribution is -0.122. The number of carbonyl (C=O) groups is 1. The van der Waals surface area contributed by atoms with Crippen molar-refractivity contribution in [2.75, 3.05) is 5.32 Å². The highest BCUT2D eigenvalue weighted by Crippen LogP contribution is 2.28. The van der Waals surface area contributed by atoms with Crippen molar-refractivity contribution in [3.8, 4) is 5.75 Å². The molecule has 0 fully saturated rings. The van der Waals surface area contributed by atoms with E-state index in [1.165, 1.54) is 24.3 Å². The number of carbonyl (C=O) groups excluding carboxylic acids is 1. The molecule has 0 aliphatic heterocycles. The Hall–Kier alpha value is -1.88. The van der Waals surface area contributed by atoms with Gasteiger partial charge in [0.15, 0.2) is 6.10 Å². The summed E-state index contributed by atoms with van der Waals surface area (Å²) in [7, 11) is 0. The number of rotatable bonds is 4. The van der Waals surface area contributed by atoms with Gasteiger partial charge in [-0.25, -0.2) is 4.39 Å². The third-order valence-corrected chi connectivity index (χ3v) is 3.66. The lowest BCUT2D eigenvalue weighted by Crippen LogP contribution is -2.30. The number of anilines is 1. The molecular formula is C17H17BrFNO2. The molecule has 22 heavy (non-hydrogen) atoms. The zero-order chi connectivity index (χ0) is 16.3. The lowest BCUT2D eigenvalue weighted by Gasteiger charge is -2.18. The largest absolute Gasteiger partial charge is 0.480 e. The average Bonchev–Trinajstić information content (AvgIpc) is 2.45. The van der Waals surface area contributed by atoms with Gasteiger partial charge in [0.1, 0.15) is 11.6 Å².